The number of rotatable bonds is 6. The summed E-state index contributed by atoms with van der Waals surface area (Å²) in [6.45, 7) is 2.05. The molecule has 1 N–H and O–H groups in total. The maximum Gasteiger partial charge on any atom is 0.226 e. The lowest BCUT2D eigenvalue weighted by Crippen LogP contribution is -2.29. The molecular weight excluding hydrogens is 380 g/mol. The molecule has 0 bridgehead atoms. The molecule has 5 heteroatoms. The molecule has 1 atom stereocenters. The summed E-state index contributed by atoms with van der Waals surface area (Å²) in [5.41, 5.74) is 2.66. The van der Waals surface area contributed by atoms with Crippen LogP contribution in [0, 0.1) is 0 Å². The summed E-state index contributed by atoms with van der Waals surface area (Å²) in [7, 11) is 0. The summed E-state index contributed by atoms with van der Waals surface area (Å²) < 4.78 is 6.37. The van der Waals surface area contributed by atoms with Crippen LogP contribution in [-0.2, 0) is 11.2 Å². The van der Waals surface area contributed by atoms with E-state index >= 15 is 0 Å². The fourth-order valence-electron chi connectivity index (χ4n) is 2.66. The molecular formula is C20H19BrN2O2. The molecule has 0 aliphatic carbocycles. The normalized spacial score (nSPS) is 11.9. The second-order valence-corrected chi connectivity index (χ2v) is 6.72. The standard InChI is InChI=1S/C20H19BrN2O2/c1-2-18(14-8-10-16(21)11-9-14)22-20(24)13-17-12-19(25-23-17)15-6-4-3-5-7-15/h3-12,18H,2,13H2,1H3,(H,22,24). The predicted molar refractivity (Wildman–Crippen MR) is 101 cm³/mol. The Kier molecular flexibility index (Phi) is 5.66. The van der Waals surface area contributed by atoms with E-state index in [1.807, 2.05) is 60.7 Å². The van der Waals surface area contributed by atoms with Gasteiger partial charge in [0.25, 0.3) is 0 Å². The number of carbonyl (C=O) groups is 1. The maximum absolute atomic E-state index is 12.4. The highest BCUT2D eigenvalue weighted by Crippen LogP contribution is 2.21. The van der Waals surface area contributed by atoms with Gasteiger partial charge in [0.2, 0.25) is 5.91 Å². The van der Waals surface area contributed by atoms with Gasteiger partial charge < -0.3 is 9.84 Å². The van der Waals surface area contributed by atoms with Crippen molar-refractivity contribution in [2.24, 2.45) is 0 Å². The Labute approximate surface area is 155 Å². The van der Waals surface area contributed by atoms with Gasteiger partial charge in [-0.2, -0.15) is 0 Å². The van der Waals surface area contributed by atoms with Crippen LogP contribution in [0.5, 0.6) is 0 Å². The van der Waals surface area contributed by atoms with Crippen LogP contribution in [0.15, 0.2) is 69.7 Å². The van der Waals surface area contributed by atoms with Gasteiger partial charge in [-0.25, -0.2) is 0 Å². The van der Waals surface area contributed by atoms with Gasteiger partial charge in [-0.1, -0.05) is 70.5 Å². The minimum Gasteiger partial charge on any atom is -0.356 e. The Hall–Kier alpha value is -2.40. The zero-order valence-electron chi connectivity index (χ0n) is 13.9. The van der Waals surface area contributed by atoms with Crippen LogP contribution in [0.4, 0.5) is 0 Å². The van der Waals surface area contributed by atoms with Gasteiger partial charge >= 0.3 is 0 Å². The third-order valence-corrected chi connectivity index (χ3v) is 4.50. The zero-order chi connectivity index (χ0) is 17.6. The first-order valence-electron chi connectivity index (χ1n) is 8.21. The molecule has 4 nitrogen and oxygen atoms in total. The highest BCUT2D eigenvalue weighted by molar-refractivity contribution is 9.10. The monoisotopic (exact) mass is 398 g/mol. The number of carbonyl (C=O) groups excluding carboxylic acids is 1. The third kappa shape index (κ3) is 4.57. The van der Waals surface area contributed by atoms with E-state index < -0.39 is 0 Å². The lowest BCUT2D eigenvalue weighted by Gasteiger charge is -2.17. The quantitative estimate of drug-likeness (QED) is 0.641. The van der Waals surface area contributed by atoms with Crippen molar-refractivity contribution in [1.29, 1.82) is 0 Å². The fourth-order valence-corrected chi connectivity index (χ4v) is 2.92. The largest absolute Gasteiger partial charge is 0.356 e. The van der Waals surface area contributed by atoms with Gasteiger partial charge in [0.05, 0.1) is 18.2 Å². The average Bonchev–Trinajstić information content (AvgIpc) is 3.10. The first-order chi connectivity index (χ1) is 12.2. The molecule has 3 aromatic rings. The van der Waals surface area contributed by atoms with E-state index in [2.05, 4.69) is 33.3 Å². The van der Waals surface area contributed by atoms with Gasteiger partial charge in [0, 0.05) is 16.1 Å². The topological polar surface area (TPSA) is 55.1 Å². The second kappa shape index (κ2) is 8.12. The van der Waals surface area contributed by atoms with E-state index in [0.717, 1.165) is 22.0 Å². The smallest absolute Gasteiger partial charge is 0.226 e. The summed E-state index contributed by atoms with van der Waals surface area (Å²) in [6.07, 6.45) is 1.02. The Balaban J connectivity index is 1.64. The molecule has 128 valence electrons. The molecule has 25 heavy (non-hydrogen) atoms. The molecule has 0 aliphatic rings. The van der Waals surface area contributed by atoms with Crippen molar-refractivity contribution in [2.45, 2.75) is 25.8 Å². The number of hydrogen-bond donors (Lipinski definition) is 1. The number of hydrogen-bond acceptors (Lipinski definition) is 3. The van der Waals surface area contributed by atoms with Crippen molar-refractivity contribution < 1.29 is 9.32 Å². The van der Waals surface area contributed by atoms with Crippen LogP contribution in [0.2, 0.25) is 0 Å². The lowest BCUT2D eigenvalue weighted by molar-refractivity contribution is -0.121. The fraction of sp³-hybridized carbons (Fsp3) is 0.200. The SMILES string of the molecule is CCC(NC(=O)Cc1cc(-c2ccccc2)on1)c1ccc(Br)cc1. The van der Waals surface area contributed by atoms with Crippen molar-refractivity contribution >= 4 is 21.8 Å². The minimum absolute atomic E-state index is 0.0129. The van der Waals surface area contributed by atoms with Crippen LogP contribution in [-0.4, -0.2) is 11.1 Å². The van der Waals surface area contributed by atoms with Gasteiger partial charge in [0.1, 0.15) is 0 Å². The number of nitrogens with zero attached hydrogens (tertiary/aromatic N) is 1. The van der Waals surface area contributed by atoms with Crippen molar-refractivity contribution in [3.63, 3.8) is 0 Å². The summed E-state index contributed by atoms with van der Waals surface area (Å²) in [5, 5.41) is 7.07. The van der Waals surface area contributed by atoms with Gasteiger partial charge in [-0.15, -0.1) is 0 Å². The Morgan fingerprint density at radius 2 is 1.88 bits per heavy atom. The summed E-state index contributed by atoms with van der Waals surface area (Å²) in [5.74, 6) is 0.603. The van der Waals surface area contributed by atoms with Crippen molar-refractivity contribution in [3.05, 3.63) is 76.4 Å². The van der Waals surface area contributed by atoms with Crippen LogP contribution >= 0.6 is 15.9 Å². The van der Waals surface area contributed by atoms with E-state index in [0.29, 0.717) is 11.5 Å². The highest BCUT2D eigenvalue weighted by Gasteiger charge is 2.15. The molecule has 0 spiro atoms. The summed E-state index contributed by atoms with van der Waals surface area (Å²) >= 11 is 3.43. The molecule has 1 heterocycles. The number of nitrogens with one attached hydrogen (secondary N) is 1. The zero-order valence-corrected chi connectivity index (χ0v) is 15.5. The van der Waals surface area contributed by atoms with Crippen LogP contribution in [0.3, 0.4) is 0 Å². The Morgan fingerprint density at radius 3 is 2.56 bits per heavy atom. The van der Waals surface area contributed by atoms with Crippen LogP contribution < -0.4 is 5.32 Å². The molecule has 2 aromatic carbocycles. The number of benzene rings is 2. The van der Waals surface area contributed by atoms with E-state index in [9.17, 15) is 4.79 Å². The van der Waals surface area contributed by atoms with Crippen molar-refractivity contribution in [2.75, 3.05) is 0 Å². The van der Waals surface area contributed by atoms with Crippen LogP contribution in [0.25, 0.3) is 11.3 Å². The second-order valence-electron chi connectivity index (χ2n) is 5.81. The van der Waals surface area contributed by atoms with E-state index in [4.69, 9.17) is 4.52 Å². The number of amides is 1. The van der Waals surface area contributed by atoms with E-state index in [1.165, 1.54) is 0 Å². The predicted octanol–water partition coefficient (Wildman–Crippen LogP) is 4.91. The average molecular weight is 399 g/mol. The van der Waals surface area contributed by atoms with Crippen molar-refractivity contribution in [1.82, 2.24) is 10.5 Å². The third-order valence-electron chi connectivity index (χ3n) is 3.97. The molecule has 0 saturated carbocycles. The molecule has 1 amide bonds. The molecule has 1 aromatic heterocycles. The Bertz CT molecular complexity index is 828. The molecule has 0 saturated heterocycles. The number of aromatic nitrogens is 1. The molecule has 1 unspecified atom stereocenters. The maximum atomic E-state index is 12.4. The van der Waals surface area contributed by atoms with Gasteiger partial charge in [-0.05, 0) is 24.1 Å². The highest BCUT2D eigenvalue weighted by atomic mass is 79.9. The molecule has 0 radical (unpaired) electrons. The van der Waals surface area contributed by atoms with Crippen molar-refractivity contribution in [3.8, 4) is 11.3 Å². The molecule has 0 fully saturated rings. The molecule has 0 aliphatic heterocycles. The molecule has 3 rings (SSSR count). The summed E-state index contributed by atoms with van der Waals surface area (Å²) in [4.78, 5) is 12.4. The van der Waals surface area contributed by atoms with E-state index in [1.54, 1.807) is 0 Å². The lowest BCUT2D eigenvalue weighted by atomic mass is 10.0. The van der Waals surface area contributed by atoms with Crippen LogP contribution in [0.1, 0.15) is 30.6 Å². The summed E-state index contributed by atoms with van der Waals surface area (Å²) in [6, 6.07) is 19.5. The first kappa shape index (κ1) is 17.4. The van der Waals surface area contributed by atoms with Gasteiger partial charge in [-0.3, -0.25) is 4.79 Å². The minimum atomic E-state index is -0.0670. The number of halogens is 1. The first-order valence-corrected chi connectivity index (χ1v) is 9.01. The van der Waals surface area contributed by atoms with E-state index in [-0.39, 0.29) is 18.4 Å². The Morgan fingerprint density at radius 1 is 1.16 bits per heavy atom. The van der Waals surface area contributed by atoms with Gasteiger partial charge in [0.15, 0.2) is 5.76 Å².